The van der Waals surface area contributed by atoms with Crippen LogP contribution in [0.5, 0.6) is 0 Å². The van der Waals surface area contributed by atoms with Gasteiger partial charge in [-0.05, 0) is 50.8 Å². The zero-order valence-electron chi connectivity index (χ0n) is 17.9. The van der Waals surface area contributed by atoms with Gasteiger partial charge in [-0.2, -0.15) is 0 Å². The molecule has 0 spiro atoms. The van der Waals surface area contributed by atoms with Gasteiger partial charge in [-0.25, -0.2) is 4.79 Å². The van der Waals surface area contributed by atoms with Crippen molar-refractivity contribution in [3.63, 3.8) is 0 Å². The monoisotopic (exact) mass is 421 g/mol. The Balaban J connectivity index is 1.83. The minimum atomic E-state index is -0.414. The lowest BCUT2D eigenvalue weighted by molar-refractivity contribution is -0.116. The maximum Gasteiger partial charge on any atom is 0.341 e. The quantitative estimate of drug-likeness (QED) is 0.470. The molecule has 0 bridgehead atoms. The predicted molar refractivity (Wildman–Crippen MR) is 123 cm³/mol. The van der Waals surface area contributed by atoms with Crippen molar-refractivity contribution in [2.75, 3.05) is 11.9 Å². The van der Waals surface area contributed by atoms with Crippen molar-refractivity contribution >= 4 is 28.2 Å². The molecule has 0 saturated heterocycles. The van der Waals surface area contributed by atoms with Gasteiger partial charge in [0.05, 0.1) is 6.61 Å². The van der Waals surface area contributed by atoms with Crippen LogP contribution in [0.15, 0.2) is 47.8 Å². The van der Waals surface area contributed by atoms with Crippen LogP contribution < -0.4 is 5.32 Å². The van der Waals surface area contributed by atoms with Crippen molar-refractivity contribution in [2.24, 2.45) is 0 Å². The summed E-state index contributed by atoms with van der Waals surface area (Å²) in [5, 5.41) is 5.39. The van der Waals surface area contributed by atoms with E-state index in [0.29, 0.717) is 23.4 Å². The summed E-state index contributed by atoms with van der Waals surface area (Å²) in [4.78, 5) is 25.3. The van der Waals surface area contributed by atoms with Gasteiger partial charge in [-0.3, -0.25) is 4.79 Å². The fourth-order valence-electron chi connectivity index (χ4n) is 3.37. The highest BCUT2D eigenvalue weighted by Gasteiger charge is 2.23. The Morgan fingerprint density at radius 1 is 0.967 bits per heavy atom. The number of benzene rings is 2. The van der Waals surface area contributed by atoms with Crippen molar-refractivity contribution in [2.45, 2.75) is 40.5 Å². The normalized spacial score (nSPS) is 10.7. The molecule has 0 fully saturated rings. The number of esters is 1. The highest BCUT2D eigenvalue weighted by Crippen LogP contribution is 2.38. The number of hydrogen-bond acceptors (Lipinski definition) is 4. The number of thiophene rings is 1. The van der Waals surface area contributed by atoms with E-state index in [1.807, 2.05) is 62.5 Å². The van der Waals surface area contributed by atoms with Gasteiger partial charge >= 0.3 is 5.97 Å². The first-order valence-corrected chi connectivity index (χ1v) is 11.0. The summed E-state index contributed by atoms with van der Waals surface area (Å²) >= 11 is 1.36. The maximum absolute atomic E-state index is 12.7. The highest BCUT2D eigenvalue weighted by atomic mass is 32.1. The molecule has 2 aromatic carbocycles. The minimum Gasteiger partial charge on any atom is -0.462 e. The van der Waals surface area contributed by atoms with E-state index in [2.05, 4.69) is 11.4 Å². The molecule has 0 radical (unpaired) electrons. The Kier molecular flexibility index (Phi) is 7.06. The topological polar surface area (TPSA) is 55.4 Å². The number of ether oxygens (including phenoxy) is 1. The molecule has 3 rings (SSSR count). The van der Waals surface area contributed by atoms with Crippen molar-refractivity contribution in [3.05, 3.63) is 75.7 Å². The second-order valence-electron chi connectivity index (χ2n) is 7.43. The average molecular weight is 422 g/mol. The van der Waals surface area contributed by atoms with Crippen LogP contribution >= 0.6 is 11.3 Å². The summed E-state index contributed by atoms with van der Waals surface area (Å²) in [6.07, 6.45) is 0.998. The van der Waals surface area contributed by atoms with Gasteiger partial charge in [0.15, 0.2) is 0 Å². The summed E-state index contributed by atoms with van der Waals surface area (Å²) < 4.78 is 5.29. The second kappa shape index (κ2) is 9.72. The van der Waals surface area contributed by atoms with Gasteiger partial charge in [-0.1, -0.05) is 53.6 Å². The smallest absolute Gasteiger partial charge is 0.341 e. The highest BCUT2D eigenvalue weighted by molar-refractivity contribution is 7.15. The SMILES string of the molecule is CCOC(=O)c1c(-c2ccc(C)cc2C)csc1NC(=O)CCc1ccc(C)cc1. The van der Waals surface area contributed by atoms with Gasteiger partial charge in [0, 0.05) is 17.4 Å². The molecular weight excluding hydrogens is 394 g/mol. The molecule has 30 heavy (non-hydrogen) atoms. The molecule has 1 aromatic heterocycles. The first-order valence-electron chi connectivity index (χ1n) is 10.1. The molecule has 4 nitrogen and oxygen atoms in total. The summed E-state index contributed by atoms with van der Waals surface area (Å²) in [7, 11) is 0. The van der Waals surface area contributed by atoms with E-state index in [0.717, 1.165) is 27.8 Å². The summed E-state index contributed by atoms with van der Waals surface area (Å²) in [6, 6.07) is 14.3. The lowest BCUT2D eigenvalue weighted by Gasteiger charge is -2.11. The number of hydrogen-bond donors (Lipinski definition) is 1. The molecule has 0 unspecified atom stereocenters. The molecule has 156 valence electrons. The number of nitrogens with one attached hydrogen (secondary N) is 1. The molecule has 0 aliphatic rings. The lowest BCUT2D eigenvalue weighted by Crippen LogP contribution is -2.15. The molecule has 3 aromatic rings. The molecule has 1 amide bonds. The van der Waals surface area contributed by atoms with Crippen LogP contribution in [0.2, 0.25) is 0 Å². The van der Waals surface area contributed by atoms with Gasteiger partial charge in [-0.15, -0.1) is 11.3 Å². The number of aryl methyl sites for hydroxylation is 4. The fourth-order valence-corrected chi connectivity index (χ4v) is 4.34. The summed E-state index contributed by atoms with van der Waals surface area (Å²) in [6.45, 7) is 8.16. The Labute approximate surface area is 181 Å². The van der Waals surface area contributed by atoms with Gasteiger partial charge in [0.25, 0.3) is 0 Å². The Hall–Kier alpha value is -2.92. The minimum absolute atomic E-state index is 0.116. The van der Waals surface area contributed by atoms with Crippen LogP contribution in [0.3, 0.4) is 0 Å². The van der Waals surface area contributed by atoms with E-state index < -0.39 is 5.97 Å². The Morgan fingerprint density at radius 2 is 1.67 bits per heavy atom. The van der Waals surface area contributed by atoms with Gasteiger partial charge in [0.2, 0.25) is 5.91 Å². The standard InChI is InChI=1S/C25H27NO3S/c1-5-29-25(28)23-21(20-12-8-17(3)14-18(20)4)15-30-24(23)26-22(27)13-11-19-9-6-16(2)7-10-19/h6-10,12,14-15H,5,11,13H2,1-4H3,(H,26,27). The number of carbonyl (C=O) groups excluding carboxylic acids is 2. The van der Waals surface area contributed by atoms with Gasteiger partial charge in [0.1, 0.15) is 10.6 Å². The summed E-state index contributed by atoms with van der Waals surface area (Å²) in [5.74, 6) is -0.530. The van der Waals surface area contributed by atoms with Gasteiger partial charge < -0.3 is 10.1 Å². The molecule has 0 atom stereocenters. The third-order valence-corrected chi connectivity index (χ3v) is 5.85. The third-order valence-electron chi connectivity index (χ3n) is 4.96. The first kappa shape index (κ1) is 21.8. The van der Waals surface area contributed by atoms with Crippen LogP contribution in [0.4, 0.5) is 5.00 Å². The van der Waals surface area contributed by atoms with E-state index in [-0.39, 0.29) is 12.5 Å². The van der Waals surface area contributed by atoms with Crippen molar-refractivity contribution in [1.82, 2.24) is 0 Å². The number of anilines is 1. The van der Waals surface area contributed by atoms with Crippen molar-refractivity contribution < 1.29 is 14.3 Å². The molecule has 0 aliphatic carbocycles. The molecule has 5 heteroatoms. The van der Waals surface area contributed by atoms with Crippen LogP contribution in [-0.4, -0.2) is 18.5 Å². The molecule has 1 N–H and O–H groups in total. The van der Waals surface area contributed by atoms with E-state index in [4.69, 9.17) is 4.74 Å². The van der Waals surface area contributed by atoms with Crippen LogP contribution in [-0.2, 0) is 16.0 Å². The number of amides is 1. The van der Waals surface area contributed by atoms with Crippen molar-refractivity contribution in [1.29, 1.82) is 0 Å². The third kappa shape index (κ3) is 5.16. The molecule has 1 heterocycles. The lowest BCUT2D eigenvalue weighted by atomic mass is 9.97. The van der Waals surface area contributed by atoms with Crippen molar-refractivity contribution in [3.8, 4) is 11.1 Å². The van der Waals surface area contributed by atoms with E-state index in [1.54, 1.807) is 6.92 Å². The molecule has 0 saturated carbocycles. The fraction of sp³-hybridized carbons (Fsp3) is 0.280. The number of carbonyl (C=O) groups is 2. The number of rotatable bonds is 7. The predicted octanol–water partition coefficient (Wildman–Crippen LogP) is 6.09. The van der Waals surface area contributed by atoms with Crippen LogP contribution in [0.1, 0.15) is 46.0 Å². The van der Waals surface area contributed by atoms with Crippen LogP contribution in [0, 0.1) is 20.8 Å². The maximum atomic E-state index is 12.7. The zero-order valence-corrected chi connectivity index (χ0v) is 18.7. The van der Waals surface area contributed by atoms with Crippen LogP contribution in [0.25, 0.3) is 11.1 Å². The molecule has 0 aliphatic heterocycles. The van der Waals surface area contributed by atoms with E-state index >= 15 is 0 Å². The van der Waals surface area contributed by atoms with E-state index in [1.165, 1.54) is 16.9 Å². The Morgan fingerprint density at radius 3 is 2.33 bits per heavy atom. The van der Waals surface area contributed by atoms with E-state index in [9.17, 15) is 9.59 Å². The summed E-state index contributed by atoms with van der Waals surface area (Å²) in [5.41, 5.74) is 6.75. The molecular formula is C25H27NO3S. The Bertz CT molecular complexity index is 1050. The second-order valence-corrected chi connectivity index (χ2v) is 8.31. The average Bonchev–Trinajstić information content (AvgIpc) is 3.11. The largest absolute Gasteiger partial charge is 0.462 e. The first-order chi connectivity index (χ1) is 14.4. The zero-order chi connectivity index (χ0) is 21.7.